The van der Waals surface area contributed by atoms with Crippen LogP contribution < -0.4 is 5.32 Å². The lowest BCUT2D eigenvalue weighted by atomic mass is 10.1. The van der Waals surface area contributed by atoms with E-state index in [0.717, 1.165) is 25.3 Å². The molecule has 1 unspecified atom stereocenters. The van der Waals surface area contributed by atoms with Gasteiger partial charge in [-0.1, -0.05) is 32.6 Å². The molecule has 0 saturated carbocycles. The van der Waals surface area contributed by atoms with Gasteiger partial charge in [-0.25, -0.2) is 0 Å². The zero-order valence-electron chi connectivity index (χ0n) is 12.5. The Balaban J connectivity index is 1.71. The minimum Gasteiger partial charge on any atom is -0.314 e. The molecular formula is C15H28N4. The maximum absolute atomic E-state index is 4.33. The summed E-state index contributed by atoms with van der Waals surface area (Å²) in [6.07, 6.45) is 10.3. The number of aryl methyl sites for hydroxylation is 1. The second-order valence-corrected chi connectivity index (χ2v) is 5.77. The molecule has 0 saturated heterocycles. The Morgan fingerprint density at radius 1 is 1.21 bits per heavy atom. The number of fused-ring (bicyclic) bond motifs is 1. The van der Waals surface area contributed by atoms with E-state index >= 15 is 0 Å². The molecule has 0 radical (unpaired) electrons. The van der Waals surface area contributed by atoms with E-state index in [1.807, 2.05) is 0 Å². The van der Waals surface area contributed by atoms with Crippen LogP contribution in [-0.2, 0) is 19.5 Å². The SMILES string of the molecule is CCCCCCC(C)NCc1nnc2n1CCCC2. The Labute approximate surface area is 117 Å². The van der Waals surface area contributed by atoms with Gasteiger partial charge in [0.15, 0.2) is 0 Å². The van der Waals surface area contributed by atoms with Gasteiger partial charge in [0.1, 0.15) is 11.6 Å². The van der Waals surface area contributed by atoms with Crippen LogP contribution in [0.1, 0.15) is 70.4 Å². The lowest BCUT2D eigenvalue weighted by Gasteiger charge is -2.17. The van der Waals surface area contributed by atoms with E-state index in [2.05, 4.69) is 33.9 Å². The molecule has 1 aromatic heterocycles. The van der Waals surface area contributed by atoms with Gasteiger partial charge in [0, 0.05) is 19.0 Å². The second kappa shape index (κ2) is 7.63. The van der Waals surface area contributed by atoms with Crippen molar-refractivity contribution in [2.24, 2.45) is 0 Å². The number of nitrogens with zero attached hydrogens (tertiary/aromatic N) is 3. The number of hydrogen-bond donors (Lipinski definition) is 1. The topological polar surface area (TPSA) is 42.7 Å². The van der Waals surface area contributed by atoms with E-state index < -0.39 is 0 Å². The number of rotatable bonds is 8. The van der Waals surface area contributed by atoms with Crippen molar-refractivity contribution in [3.05, 3.63) is 11.6 Å². The van der Waals surface area contributed by atoms with E-state index in [4.69, 9.17) is 0 Å². The lowest BCUT2D eigenvalue weighted by molar-refractivity contribution is 0.454. The molecule has 1 aromatic rings. The highest BCUT2D eigenvalue weighted by Crippen LogP contribution is 2.14. The summed E-state index contributed by atoms with van der Waals surface area (Å²) in [4.78, 5) is 0. The molecule has 108 valence electrons. The molecule has 1 aliphatic heterocycles. The summed E-state index contributed by atoms with van der Waals surface area (Å²) in [6, 6.07) is 0.577. The maximum Gasteiger partial charge on any atom is 0.147 e. The second-order valence-electron chi connectivity index (χ2n) is 5.77. The summed E-state index contributed by atoms with van der Waals surface area (Å²) < 4.78 is 2.31. The average molecular weight is 264 g/mol. The molecule has 2 heterocycles. The highest BCUT2D eigenvalue weighted by Gasteiger charge is 2.15. The quantitative estimate of drug-likeness (QED) is 0.734. The van der Waals surface area contributed by atoms with Crippen LogP contribution in [-0.4, -0.2) is 20.8 Å². The summed E-state index contributed by atoms with van der Waals surface area (Å²) in [7, 11) is 0. The van der Waals surface area contributed by atoms with E-state index in [0.29, 0.717) is 6.04 Å². The summed E-state index contributed by atoms with van der Waals surface area (Å²) >= 11 is 0. The Kier molecular flexibility index (Phi) is 5.83. The first-order valence-corrected chi connectivity index (χ1v) is 7.95. The lowest BCUT2D eigenvalue weighted by Crippen LogP contribution is -2.27. The zero-order valence-corrected chi connectivity index (χ0v) is 12.5. The van der Waals surface area contributed by atoms with Crippen molar-refractivity contribution in [3.63, 3.8) is 0 Å². The van der Waals surface area contributed by atoms with Crippen LogP contribution in [0.2, 0.25) is 0 Å². The summed E-state index contributed by atoms with van der Waals surface area (Å²) in [6.45, 7) is 6.50. The number of hydrogen-bond acceptors (Lipinski definition) is 3. The fraction of sp³-hybridized carbons (Fsp3) is 0.867. The van der Waals surface area contributed by atoms with Crippen LogP contribution in [0.25, 0.3) is 0 Å². The Bertz CT molecular complexity index is 372. The predicted octanol–water partition coefficient (Wildman–Crippen LogP) is 3.06. The molecule has 2 rings (SSSR count). The van der Waals surface area contributed by atoms with Gasteiger partial charge in [0.2, 0.25) is 0 Å². The first kappa shape index (κ1) is 14.5. The van der Waals surface area contributed by atoms with Crippen LogP contribution in [0.3, 0.4) is 0 Å². The number of unbranched alkanes of at least 4 members (excludes halogenated alkanes) is 3. The van der Waals surface area contributed by atoms with Crippen LogP contribution in [0.5, 0.6) is 0 Å². The third kappa shape index (κ3) is 4.30. The monoisotopic (exact) mass is 264 g/mol. The molecule has 19 heavy (non-hydrogen) atoms. The minimum absolute atomic E-state index is 0.577. The Morgan fingerprint density at radius 3 is 2.95 bits per heavy atom. The fourth-order valence-electron chi connectivity index (χ4n) is 2.74. The van der Waals surface area contributed by atoms with E-state index in [9.17, 15) is 0 Å². The summed E-state index contributed by atoms with van der Waals surface area (Å²) in [5.74, 6) is 2.30. The van der Waals surface area contributed by atoms with Crippen molar-refractivity contribution in [2.75, 3.05) is 0 Å². The molecule has 4 nitrogen and oxygen atoms in total. The van der Waals surface area contributed by atoms with Crippen molar-refractivity contribution in [2.45, 2.75) is 84.3 Å². The minimum atomic E-state index is 0.577. The maximum atomic E-state index is 4.33. The predicted molar refractivity (Wildman–Crippen MR) is 78.0 cm³/mol. The van der Waals surface area contributed by atoms with Gasteiger partial charge in [-0.2, -0.15) is 0 Å². The molecule has 1 atom stereocenters. The van der Waals surface area contributed by atoms with Crippen molar-refractivity contribution in [3.8, 4) is 0 Å². The molecule has 4 heteroatoms. The largest absolute Gasteiger partial charge is 0.314 e. The van der Waals surface area contributed by atoms with Gasteiger partial charge >= 0.3 is 0 Å². The van der Waals surface area contributed by atoms with Gasteiger partial charge in [-0.05, 0) is 26.2 Å². The molecule has 1 N–H and O–H groups in total. The molecule has 0 bridgehead atoms. The van der Waals surface area contributed by atoms with Crippen LogP contribution in [0.15, 0.2) is 0 Å². The number of nitrogens with one attached hydrogen (secondary N) is 1. The molecular weight excluding hydrogens is 236 g/mol. The molecule has 1 aliphatic rings. The highest BCUT2D eigenvalue weighted by atomic mass is 15.3. The van der Waals surface area contributed by atoms with Gasteiger partial charge in [0.05, 0.1) is 6.54 Å². The Hall–Kier alpha value is -0.900. The van der Waals surface area contributed by atoms with Crippen molar-refractivity contribution in [1.82, 2.24) is 20.1 Å². The van der Waals surface area contributed by atoms with Crippen molar-refractivity contribution in [1.29, 1.82) is 0 Å². The van der Waals surface area contributed by atoms with Crippen molar-refractivity contribution >= 4 is 0 Å². The standard InChI is InChI=1S/C15H28N4/c1-3-4-5-6-9-13(2)16-12-15-18-17-14-10-7-8-11-19(14)15/h13,16H,3-12H2,1-2H3. The molecule has 0 spiro atoms. The summed E-state index contributed by atoms with van der Waals surface area (Å²) in [5.41, 5.74) is 0. The van der Waals surface area contributed by atoms with Gasteiger partial charge < -0.3 is 9.88 Å². The van der Waals surface area contributed by atoms with Gasteiger partial charge in [0.25, 0.3) is 0 Å². The summed E-state index contributed by atoms with van der Waals surface area (Å²) in [5, 5.41) is 12.2. The molecule has 0 aromatic carbocycles. The zero-order chi connectivity index (χ0) is 13.5. The molecule has 0 amide bonds. The average Bonchev–Trinajstić information content (AvgIpc) is 2.85. The van der Waals surface area contributed by atoms with E-state index in [1.54, 1.807) is 0 Å². The van der Waals surface area contributed by atoms with Gasteiger partial charge in [-0.3, -0.25) is 0 Å². The van der Waals surface area contributed by atoms with Crippen LogP contribution in [0.4, 0.5) is 0 Å². The normalized spacial score (nSPS) is 16.3. The van der Waals surface area contributed by atoms with Crippen molar-refractivity contribution < 1.29 is 0 Å². The molecule has 0 aliphatic carbocycles. The first-order valence-electron chi connectivity index (χ1n) is 7.95. The van der Waals surface area contributed by atoms with Crippen LogP contribution >= 0.6 is 0 Å². The van der Waals surface area contributed by atoms with Crippen LogP contribution in [0, 0.1) is 0 Å². The Morgan fingerprint density at radius 2 is 2.11 bits per heavy atom. The fourth-order valence-corrected chi connectivity index (χ4v) is 2.74. The smallest absolute Gasteiger partial charge is 0.147 e. The van der Waals surface area contributed by atoms with Gasteiger partial charge in [-0.15, -0.1) is 10.2 Å². The highest BCUT2D eigenvalue weighted by molar-refractivity contribution is 4.98. The third-order valence-electron chi connectivity index (χ3n) is 4.04. The van der Waals surface area contributed by atoms with E-state index in [1.165, 1.54) is 50.8 Å². The van der Waals surface area contributed by atoms with E-state index in [-0.39, 0.29) is 0 Å². The number of aromatic nitrogens is 3. The molecule has 0 fully saturated rings. The third-order valence-corrected chi connectivity index (χ3v) is 4.04. The first-order chi connectivity index (χ1) is 9.31.